The van der Waals surface area contributed by atoms with Gasteiger partial charge in [-0.05, 0) is 0 Å². The minimum absolute atomic E-state index is 0. The van der Waals surface area contributed by atoms with E-state index < -0.39 is 0 Å². The van der Waals surface area contributed by atoms with Gasteiger partial charge in [-0.15, -0.1) is 78.3 Å². The fourth-order valence-corrected chi connectivity index (χ4v) is 2.00. The van der Waals surface area contributed by atoms with E-state index in [2.05, 4.69) is 93.6 Å². The zero-order chi connectivity index (χ0) is 18.5. The third-order valence-electron chi connectivity index (χ3n) is 2.94. The molecular weight excluding hydrogens is 480 g/mol. The van der Waals surface area contributed by atoms with E-state index in [-0.39, 0.29) is 51.0 Å². The topological polar surface area (TPSA) is 15.8 Å². The summed E-state index contributed by atoms with van der Waals surface area (Å²) in [5.74, 6) is 1.42. The van der Waals surface area contributed by atoms with Gasteiger partial charge in [0.15, 0.2) is 0 Å². The third kappa shape index (κ3) is 13.4. The molecule has 0 saturated heterocycles. The van der Waals surface area contributed by atoms with E-state index in [1.165, 1.54) is 22.1 Å². The molecular formula is C23H30Cl2NSiZr. The molecule has 0 fully saturated rings. The van der Waals surface area contributed by atoms with Crippen molar-refractivity contribution < 1.29 is 26.2 Å². The molecule has 1 nitrogen and oxygen atoms in total. The maximum Gasteiger partial charge on any atom is 3.00 e. The number of para-hydroxylation sites is 1. The van der Waals surface area contributed by atoms with Crippen LogP contribution in [-0.2, 0) is 26.2 Å². The molecule has 1 heterocycles. The fraction of sp³-hybridized carbons (Fsp3) is 0.217. The van der Waals surface area contributed by atoms with Crippen LogP contribution >= 0.6 is 24.8 Å². The quantitative estimate of drug-likeness (QED) is 0.184. The van der Waals surface area contributed by atoms with Crippen LogP contribution in [0, 0.1) is 12.1 Å². The maximum atomic E-state index is 2.99. The van der Waals surface area contributed by atoms with Gasteiger partial charge in [0.25, 0.3) is 0 Å². The minimum Gasteiger partial charge on any atom is -0.477 e. The van der Waals surface area contributed by atoms with E-state index in [0.29, 0.717) is 0 Å². The SMILES string of the molecule is C[C-](C)C.C[Si]C.Cl.Cl.[Zr+3].[c-]1cc2ccccc2[nH]1.c1ccc2[cH-]ccc2c1. The molecule has 28 heavy (non-hydrogen) atoms. The van der Waals surface area contributed by atoms with Crippen LogP contribution in [0.25, 0.3) is 21.7 Å². The molecule has 0 amide bonds. The summed E-state index contributed by atoms with van der Waals surface area (Å²) in [6, 6.07) is 24.7. The van der Waals surface area contributed by atoms with Gasteiger partial charge >= 0.3 is 26.2 Å². The summed E-state index contributed by atoms with van der Waals surface area (Å²) in [6.07, 6.45) is 2.91. The summed E-state index contributed by atoms with van der Waals surface area (Å²) in [4.78, 5) is 2.99. The number of benzene rings is 2. The Morgan fingerprint density at radius 3 is 1.89 bits per heavy atom. The summed E-state index contributed by atoms with van der Waals surface area (Å²) < 4.78 is 0. The van der Waals surface area contributed by atoms with Crippen molar-refractivity contribution in [1.29, 1.82) is 0 Å². The van der Waals surface area contributed by atoms with E-state index >= 15 is 0 Å². The van der Waals surface area contributed by atoms with Crippen LogP contribution in [0.2, 0.25) is 13.1 Å². The summed E-state index contributed by atoms with van der Waals surface area (Å²) >= 11 is 0. The summed E-state index contributed by atoms with van der Waals surface area (Å²) in [6.45, 7) is 10.6. The Balaban J connectivity index is -0.000000314. The van der Waals surface area contributed by atoms with Crippen LogP contribution in [0.1, 0.15) is 20.8 Å². The van der Waals surface area contributed by atoms with Gasteiger partial charge in [-0.2, -0.15) is 49.7 Å². The van der Waals surface area contributed by atoms with Gasteiger partial charge in [0.05, 0.1) is 0 Å². The molecule has 4 rings (SSSR count). The molecule has 0 aliphatic heterocycles. The maximum absolute atomic E-state index is 2.99. The average molecular weight is 511 g/mol. The number of aromatic nitrogens is 1. The molecule has 0 spiro atoms. The molecule has 0 saturated carbocycles. The predicted octanol–water partition coefficient (Wildman–Crippen LogP) is 7.78. The number of hydrogen-bond acceptors (Lipinski definition) is 0. The standard InChI is InChI=1S/C9H7.C8H6N.C4H9.C2H6Si.2ClH.Zr/c1-2-5-9-7-3-6-8(9)4-1;1-2-4-8-7(3-1)5-6-9-8;1-4(2)3;1-3-2;;;/h1-7H;1-5,9H;1-3H3;1-2H3;2*1H;/q3*-1;;;;+3. The van der Waals surface area contributed by atoms with Crippen molar-refractivity contribution in [1.82, 2.24) is 4.98 Å². The van der Waals surface area contributed by atoms with Gasteiger partial charge in [0.2, 0.25) is 0 Å². The number of fused-ring (bicyclic) bond motifs is 2. The van der Waals surface area contributed by atoms with Crippen molar-refractivity contribution in [2.45, 2.75) is 33.9 Å². The molecule has 3 aromatic carbocycles. The first kappa shape index (κ1) is 31.9. The van der Waals surface area contributed by atoms with Gasteiger partial charge in [-0.1, -0.05) is 31.3 Å². The Morgan fingerprint density at radius 2 is 1.36 bits per heavy atom. The minimum atomic E-state index is 0. The van der Waals surface area contributed by atoms with Crippen molar-refractivity contribution in [2.24, 2.45) is 0 Å². The fourth-order valence-electron chi connectivity index (χ4n) is 2.00. The molecule has 0 aliphatic rings. The number of halogens is 2. The first-order chi connectivity index (χ1) is 12.1. The Labute approximate surface area is 204 Å². The molecule has 0 bridgehead atoms. The first-order valence-electron chi connectivity index (χ1n) is 8.48. The average Bonchev–Trinajstić information content (AvgIpc) is 3.24. The van der Waals surface area contributed by atoms with Crippen LogP contribution in [0.3, 0.4) is 0 Å². The molecule has 1 aromatic heterocycles. The number of aromatic amines is 1. The van der Waals surface area contributed by atoms with Gasteiger partial charge < -0.3 is 10.9 Å². The molecule has 5 heteroatoms. The Hall–Kier alpha value is -0.730. The number of rotatable bonds is 0. The van der Waals surface area contributed by atoms with Crippen LogP contribution in [-0.4, -0.2) is 14.5 Å². The van der Waals surface area contributed by atoms with Crippen LogP contribution in [0.15, 0.2) is 72.8 Å². The molecule has 149 valence electrons. The van der Waals surface area contributed by atoms with E-state index in [9.17, 15) is 0 Å². The van der Waals surface area contributed by atoms with Gasteiger partial charge in [0, 0.05) is 9.52 Å². The summed E-state index contributed by atoms with van der Waals surface area (Å²) in [5.41, 5.74) is 1.15. The van der Waals surface area contributed by atoms with Gasteiger partial charge in [-0.25, -0.2) is 0 Å². The van der Waals surface area contributed by atoms with Crippen molar-refractivity contribution >= 4 is 56.0 Å². The zero-order valence-corrected chi connectivity index (χ0v) is 22.3. The van der Waals surface area contributed by atoms with E-state index in [0.717, 1.165) is 15.0 Å². The number of nitrogens with one attached hydrogen (secondary N) is 1. The molecule has 0 aliphatic carbocycles. The number of H-pyrrole nitrogens is 1. The Morgan fingerprint density at radius 1 is 0.857 bits per heavy atom. The van der Waals surface area contributed by atoms with Crippen molar-refractivity contribution in [3.05, 3.63) is 84.9 Å². The van der Waals surface area contributed by atoms with Crippen molar-refractivity contribution in [2.75, 3.05) is 0 Å². The molecule has 1 N–H and O–H groups in total. The van der Waals surface area contributed by atoms with Crippen LogP contribution in [0.4, 0.5) is 0 Å². The first-order valence-corrected chi connectivity index (χ1v) is 10.5. The molecule has 3 radical (unpaired) electrons. The van der Waals surface area contributed by atoms with Crippen LogP contribution in [0.5, 0.6) is 0 Å². The largest absolute Gasteiger partial charge is 3.00 e. The molecule has 0 unspecified atom stereocenters. The number of hydrogen-bond donors (Lipinski definition) is 1. The second-order valence-corrected chi connectivity index (χ2v) is 7.16. The molecule has 0 atom stereocenters. The van der Waals surface area contributed by atoms with Crippen molar-refractivity contribution in [3.63, 3.8) is 0 Å². The van der Waals surface area contributed by atoms with E-state index in [4.69, 9.17) is 0 Å². The van der Waals surface area contributed by atoms with Gasteiger partial charge in [-0.3, -0.25) is 0 Å². The Kier molecular flexibility index (Phi) is 22.3. The van der Waals surface area contributed by atoms with Gasteiger partial charge in [0.1, 0.15) is 0 Å². The summed E-state index contributed by atoms with van der Waals surface area (Å²) in [5, 5.41) is 3.88. The third-order valence-corrected chi connectivity index (χ3v) is 2.94. The normalized spacial score (nSPS) is 8.50. The van der Waals surface area contributed by atoms with E-state index in [1.807, 2.05) is 24.3 Å². The Bertz CT molecular complexity index is 698. The zero-order valence-electron chi connectivity index (χ0n) is 17.2. The van der Waals surface area contributed by atoms with Crippen molar-refractivity contribution in [3.8, 4) is 0 Å². The second-order valence-electron chi connectivity index (χ2n) is 6.16. The molecule has 4 aromatic rings. The second kappa shape index (κ2) is 19.6. The smallest absolute Gasteiger partial charge is 0.477 e. The van der Waals surface area contributed by atoms with E-state index in [1.54, 1.807) is 0 Å². The predicted molar refractivity (Wildman–Crippen MR) is 129 cm³/mol. The van der Waals surface area contributed by atoms with Crippen LogP contribution < -0.4 is 0 Å². The summed E-state index contributed by atoms with van der Waals surface area (Å²) in [7, 11) is 1.08. The monoisotopic (exact) mass is 508 g/mol.